The number of carbonyl (C=O) groups is 1. The lowest BCUT2D eigenvalue weighted by atomic mass is 9.53. The van der Waals surface area contributed by atoms with Crippen molar-refractivity contribution >= 4 is 11.6 Å². The van der Waals surface area contributed by atoms with E-state index in [0.29, 0.717) is 30.8 Å². The minimum Gasteiger partial charge on any atom is -0.464 e. The summed E-state index contributed by atoms with van der Waals surface area (Å²) >= 11 is 0. The molecule has 9 heteroatoms. The molecule has 7 rings (SSSR count). The van der Waals surface area contributed by atoms with Crippen molar-refractivity contribution in [1.82, 2.24) is 20.1 Å². The van der Waals surface area contributed by atoms with Crippen LogP contribution in [0.4, 0.5) is 5.69 Å². The van der Waals surface area contributed by atoms with Gasteiger partial charge in [-0.05, 0) is 87.3 Å². The Balaban J connectivity index is 1.24. The number of carbonyl (C=O) groups excluding carboxylic acids is 1. The first-order valence-corrected chi connectivity index (χ1v) is 16.0. The van der Waals surface area contributed by atoms with Gasteiger partial charge in [0.1, 0.15) is 0 Å². The lowest BCUT2D eigenvalue weighted by Gasteiger charge is -2.53. The monoisotopic (exact) mass is 587 g/mol. The van der Waals surface area contributed by atoms with E-state index in [9.17, 15) is 4.79 Å². The Kier molecular flexibility index (Phi) is 8.28. The van der Waals surface area contributed by atoms with Crippen LogP contribution in [0.15, 0.2) is 41.2 Å². The maximum atomic E-state index is 14.1. The predicted octanol–water partition coefficient (Wildman–Crippen LogP) is 6.66. The maximum absolute atomic E-state index is 14.1. The van der Waals surface area contributed by atoms with Gasteiger partial charge in [0, 0.05) is 60.7 Å². The standard InChI is InChI=1S/C34H45N5O4/c1-5-42-31-35-21-26(22-36-31)25-7-6-8-27(20-25)39(28(40)19-24-9-17-41-18-10-24)23-33-11-14-34(15-12-33,16-13-33)29-37-30(43-38-29)32(2,3)4/h6-8,20-22,24H,5,9-19,23H2,1-4H3. The molecule has 4 aliphatic rings. The van der Waals surface area contributed by atoms with E-state index in [1.165, 1.54) is 0 Å². The molecule has 1 aliphatic heterocycles. The van der Waals surface area contributed by atoms with Crippen LogP contribution >= 0.6 is 0 Å². The number of nitrogens with zero attached hydrogens (tertiary/aromatic N) is 5. The summed E-state index contributed by atoms with van der Waals surface area (Å²) in [5.41, 5.74) is 2.73. The zero-order valence-electron chi connectivity index (χ0n) is 26.1. The zero-order valence-corrected chi connectivity index (χ0v) is 26.1. The van der Waals surface area contributed by atoms with Gasteiger partial charge in [-0.15, -0.1) is 0 Å². The highest BCUT2D eigenvalue weighted by atomic mass is 16.5. The predicted molar refractivity (Wildman–Crippen MR) is 164 cm³/mol. The summed E-state index contributed by atoms with van der Waals surface area (Å²) in [6.07, 6.45) is 12.3. The van der Waals surface area contributed by atoms with Crippen molar-refractivity contribution in [3.8, 4) is 17.1 Å². The quantitative estimate of drug-likeness (QED) is 0.274. The summed E-state index contributed by atoms with van der Waals surface area (Å²) in [6, 6.07) is 8.63. The Morgan fingerprint density at radius 2 is 1.72 bits per heavy atom. The van der Waals surface area contributed by atoms with Gasteiger partial charge in [-0.2, -0.15) is 4.98 Å². The van der Waals surface area contributed by atoms with E-state index in [0.717, 1.165) is 93.8 Å². The first-order chi connectivity index (χ1) is 20.7. The van der Waals surface area contributed by atoms with Gasteiger partial charge < -0.3 is 18.9 Å². The van der Waals surface area contributed by atoms with Crippen LogP contribution in [-0.4, -0.2) is 52.4 Å². The topological polar surface area (TPSA) is 103 Å². The first kappa shape index (κ1) is 29.7. The molecule has 0 spiro atoms. The summed E-state index contributed by atoms with van der Waals surface area (Å²) in [7, 11) is 0. The molecule has 230 valence electrons. The highest BCUT2D eigenvalue weighted by molar-refractivity contribution is 5.94. The number of amides is 1. The van der Waals surface area contributed by atoms with Crippen molar-refractivity contribution < 1.29 is 18.8 Å². The van der Waals surface area contributed by atoms with Crippen molar-refractivity contribution in [2.45, 2.75) is 96.3 Å². The van der Waals surface area contributed by atoms with Gasteiger partial charge in [-0.25, -0.2) is 9.97 Å². The van der Waals surface area contributed by atoms with Gasteiger partial charge in [-0.1, -0.05) is 38.1 Å². The smallest absolute Gasteiger partial charge is 0.316 e. The number of hydrogen-bond acceptors (Lipinski definition) is 8. The fourth-order valence-corrected chi connectivity index (χ4v) is 7.07. The van der Waals surface area contributed by atoms with Crippen LogP contribution in [0.25, 0.3) is 11.1 Å². The molecule has 3 heterocycles. The zero-order chi connectivity index (χ0) is 30.1. The number of fused-ring (bicyclic) bond motifs is 3. The van der Waals surface area contributed by atoms with Crippen molar-refractivity contribution in [3.63, 3.8) is 0 Å². The second kappa shape index (κ2) is 12.0. The lowest BCUT2D eigenvalue weighted by molar-refractivity contribution is -0.120. The summed E-state index contributed by atoms with van der Waals surface area (Å²) in [5, 5.41) is 4.47. The van der Waals surface area contributed by atoms with Crippen LogP contribution in [0, 0.1) is 11.3 Å². The van der Waals surface area contributed by atoms with Gasteiger partial charge >= 0.3 is 6.01 Å². The Morgan fingerprint density at radius 3 is 2.35 bits per heavy atom. The molecule has 0 atom stereocenters. The van der Waals surface area contributed by atoms with E-state index in [4.69, 9.17) is 19.0 Å². The summed E-state index contributed by atoms with van der Waals surface area (Å²) in [5.74, 6) is 2.16. The van der Waals surface area contributed by atoms with Crippen molar-refractivity contribution in [3.05, 3.63) is 48.4 Å². The summed E-state index contributed by atoms with van der Waals surface area (Å²) < 4.78 is 16.7. The third-order valence-corrected chi connectivity index (χ3v) is 9.94. The number of rotatable bonds is 9. The van der Waals surface area contributed by atoms with Gasteiger partial charge in [0.15, 0.2) is 5.82 Å². The highest BCUT2D eigenvalue weighted by Gasteiger charge is 2.52. The van der Waals surface area contributed by atoms with E-state index in [1.54, 1.807) is 12.4 Å². The Morgan fingerprint density at radius 1 is 1.02 bits per heavy atom. The molecule has 2 aromatic heterocycles. The number of hydrogen-bond donors (Lipinski definition) is 0. The van der Waals surface area contributed by atoms with Crippen LogP contribution in [0.1, 0.15) is 97.2 Å². The van der Waals surface area contributed by atoms with Crippen LogP contribution in [0.2, 0.25) is 0 Å². The molecule has 3 saturated carbocycles. The van der Waals surface area contributed by atoms with Crippen molar-refractivity contribution in [1.29, 1.82) is 0 Å². The Labute approximate surface area is 254 Å². The molecule has 3 aliphatic carbocycles. The van der Waals surface area contributed by atoms with E-state index in [2.05, 4.69) is 52.9 Å². The fraction of sp³-hybridized carbons (Fsp3) is 0.618. The maximum Gasteiger partial charge on any atom is 0.316 e. The van der Waals surface area contributed by atoms with Crippen LogP contribution in [0.5, 0.6) is 6.01 Å². The fourth-order valence-electron chi connectivity index (χ4n) is 7.07. The minimum absolute atomic E-state index is 0.0146. The third-order valence-electron chi connectivity index (χ3n) is 9.94. The number of aromatic nitrogens is 4. The SMILES string of the molecule is CCOc1ncc(-c2cccc(N(CC34CCC(c5noc(C(C)(C)C)n5)(CC3)CC4)C(=O)CC3CCOCC3)c2)cn1. The Bertz CT molecular complexity index is 1380. The normalized spacial score (nSPS) is 24.2. The molecule has 4 fully saturated rings. The molecule has 2 bridgehead atoms. The number of ether oxygens (including phenoxy) is 2. The molecule has 3 aromatic rings. The molecule has 43 heavy (non-hydrogen) atoms. The molecule has 1 saturated heterocycles. The van der Waals surface area contributed by atoms with E-state index < -0.39 is 0 Å². The number of benzene rings is 1. The molecule has 0 N–H and O–H groups in total. The first-order valence-electron chi connectivity index (χ1n) is 16.0. The van der Waals surface area contributed by atoms with Gasteiger partial charge in [0.05, 0.1) is 6.61 Å². The van der Waals surface area contributed by atoms with Crippen LogP contribution in [-0.2, 0) is 20.4 Å². The average molecular weight is 588 g/mol. The second-order valence-electron chi connectivity index (χ2n) is 13.9. The average Bonchev–Trinajstić information content (AvgIpc) is 3.55. The molecular weight excluding hydrogens is 542 g/mol. The van der Waals surface area contributed by atoms with Crippen molar-refractivity contribution in [2.24, 2.45) is 11.3 Å². The Hall–Kier alpha value is -3.33. The van der Waals surface area contributed by atoms with Crippen LogP contribution < -0.4 is 9.64 Å². The van der Waals surface area contributed by atoms with E-state index in [1.807, 2.05) is 19.1 Å². The minimum atomic E-state index is -0.160. The third kappa shape index (κ3) is 6.33. The van der Waals surface area contributed by atoms with Gasteiger partial charge in [0.25, 0.3) is 0 Å². The van der Waals surface area contributed by atoms with Crippen LogP contribution in [0.3, 0.4) is 0 Å². The molecule has 9 nitrogen and oxygen atoms in total. The molecule has 0 unspecified atom stereocenters. The van der Waals surface area contributed by atoms with E-state index >= 15 is 0 Å². The number of anilines is 1. The summed E-state index contributed by atoms with van der Waals surface area (Å²) in [4.78, 5) is 29.8. The lowest BCUT2D eigenvalue weighted by Crippen LogP contribution is -2.51. The molecule has 0 radical (unpaired) electrons. The second-order valence-corrected chi connectivity index (χ2v) is 13.9. The largest absolute Gasteiger partial charge is 0.464 e. The van der Waals surface area contributed by atoms with Gasteiger partial charge in [-0.3, -0.25) is 4.79 Å². The van der Waals surface area contributed by atoms with Gasteiger partial charge in [0.2, 0.25) is 11.8 Å². The van der Waals surface area contributed by atoms with Crippen molar-refractivity contribution in [2.75, 3.05) is 31.3 Å². The molecule has 1 aromatic carbocycles. The molecular formula is C34H45N5O4. The summed E-state index contributed by atoms with van der Waals surface area (Å²) in [6.45, 7) is 11.0. The van der Waals surface area contributed by atoms with E-state index in [-0.39, 0.29) is 22.2 Å². The highest BCUT2D eigenvalue weighted by Crippen LogP contribution is 2.57. The molecule has 1 amide bonds.